The first-order valence-corrected chi connectivity index (χ1v) is 17.0. The molecule has 4 atom stereocenters. The van der Waals surface area contributed by atoms with Gasteiger partial charge in [0.15, 0.2) is 5.78 Å². The lowest BCUT2D eigenvalue weighted by molar-refractivity contribution is -0.146. The van der Waals surface area contributed by atoms with Gasteiger partial charge >= 0.3 is 5.97 Å². The number of rotatable bonds is 16. The van der Waals surface area contributed by atoms with Crippen LogP contribution >= 0.6 is 11.6 Å². The first kappa shape index (κ1) is 37.1. The van der Waals surface area contributed by atoms with E-state index in [0.717, 1.165) is 27.5 Å². The topological polar surface area (TPSA) is 176 Å². The lowest BCUT2D eigenvalue weighted by Gasteiger charge is -2.37. The summed E-state index contributed by atoms with van der Waals surface area (Å²) in [5, 5.41) is 16.6. The number of aliphatic carboxylic acids is 1. The summed E-state index contributed by atoms with van der Waals surface area (Å²) in [7, 11) is 0. The van der Waals surface area contributed by atoms with Gasteiger partial charge in [0.25, 0.3) is 0 Å². The molecule has 5 N–H and O–H groups in total. The summed E-state index contributed by atoms with van der Waals surface area (Å²) >= 11 is 5.64. The van der Waals surface area contributed by atoms with Crippen LogP contribution in [-0.4, -0.2) is 75.9 Å². The maximum absolute atomic E-state index is 14.0. The summed E-state index contributed by atoms with van der Waals surface area (Å²) in [6.45, 7) is 2.16. The van der Waals surface area contributed by atoms with Crippen molar-refractivity contribution in [2.75, 3.05) is 12.4 Å². The number of hydrogen-bond donors (Lipinski definition) is 4. The Balaban J connectivity index is 1.59. The number of carboxylic acid groups (broad SMARTS) is 1. The van der Waals surface area contributed by atoms with Crippen LogP contribution < -0.4 is 16.4 Å². The summed E-state index contributed by atoms with van der Waals surface area (Å²) < 4.78 is 0. The van der Waals surface area contributed by atoms with Gasteiger partial charge in [0, 0.05) is 25.3 Å². The van der Waals surface area contributed by atoms with Crippen LogP contribution in [0.4, 0.5) is 0 Å². The van der Waals surface area contributed by atoms with Crippen LogP contribution in [0.2, 0.25) is 0 Å². The van der Waals surface area contributed by atoms with Crippen molar-refractivity contribution >= 4 is 57.8 Å². The lowest BCUT2D eigenvalue weighted by atomic mass is 9.89. The van der Waals surface area contributed by atoms with E-state index in [9.17, 15) is 33.9 Å². The zero-order valence-electron chi connectivity index (χ0n) is 27.5. The van der Waals surface area contributed by atoms with Gasteiger partial charge in [0.1, 0.15) is 18.0 Å². The van der Waals surface area contributed by atoms with E-state index in [1.165, 1.54) is 4.90 Å². The molecule has 0 spiro atoms. The van der Waals surface area contributed by atoms with Gasteiger partial charge in [-0.15, -0.1) is 11.6 Å². The number of nitrogens with zero attached hydrogens (tertiary/aromatic N) is 1. The number of hydrogen-bond acceptors (Lipinski definition) is 6. The minimum Gasteiger partial charge on any atom is -0.481 e. The zero-order valence-corrected chi connectivity index (χ0v) is 28.3. The third-order valence-corrected chi connectivity index (χ3v) is 9.14. The molecule has 0 unspecified atom stereocenters. The summed E-state index contributed by atoms with van der Waals surface area (Å²) in [6, 6.07) is 18.0. The Morgan fingerprint density at radius 3 is 2.27 bits per heavy atom. The Labute approximate surface area is 290 Å². The van der Waals surface area contributed by atoms with E-state index < -0.39 is 59.5 Å². The monoisotopic (exact) mass is 690 g/mol. The maximum atomic E-state index is 14.0. The second-order valence-electron chi connectivity index (χ2n) is 12.6. The van der Waals surface area contributed by atoms with E-state index in [1.54, 1.807) is 0 Å². The predicted molar refractivity (Wildman–Crippen MR) is 186 cm³/mol. The lowest BCUT2D eigenvalue weighted by Crippen LogP contribution is -2.59. The van der Waals surface area contributed by atoms with E-state index in [1.807, 2.05) is 73.7 Å². The molecule has 1 aliphatic heterocycles. The van der Waals surface area contributed by atoms with Crippen molar-refractivity contribution in [3.05, 3.63) is 83.4 Å². The van der Waals surface area contributed by atoms with Crippen molar-refractivity contribution in [3.63, 3.8) is 0 Å². The van der Waals surface area contributed by atoms with Crippen molar-refractivity contribution in [1.29, 1.82) is 0 Å². The summed E-state index contributed by atoms with van der Waals surface area (Å²) in [4.78, 5) is 79.0. The minimum atomic E-state index is -1.19. The number of benzene rings is 3. The molecule has 0 bridgehead atoms. The van der Waals surface area contributed by atoms with Crippen molar-refractivity contribution in [2.24, 2.45) is 11.7 Å². The number of primary amides is 1. The van der Waals surface area contributed by atoms with Crippen LogP contribution in [0.5, 0.6) is 0 Å². The molecule has 3 aromatic rings. The number of nitrogens with two attached hydrogens (primary N) is 1. The normalized spacial score (nSPS) is 16.3. The van der Waals surface area contributed by atoms with Crippen LogP contribution in [-0.2, 0) is 41.6 Å². The Bertz CT molecular complexity index is 1680. The molecule has 260 valence electrons. The molecule has 11 nitrogen and oxygen atoms in total. The van der Waals surface area contributed by atoms with E-state index >= 15 is 0 Å². The molecular weight excluding hydrogens is 648 g/mol. The smallest absolute Gasteiger partial charge is 0.303 e. The molecule has 1 fully saturated rings. The molecule has 12 heteroatoms. The molecule has 1 saturated heterocycles. The average Bonchev–Trinajstić information content (AvgIpc) is 3.09. The maximum Gasteiger partial charge on any atom is 0.303 e. The number of carbonyl (C=O) groups is 6. The van der Waals surface area contributed by atoms with Crippen molar-refractivity contribution in [2.45, 2.75) is 76.4 Å². The van der Waals surface area contributed by atoms with E-state index in [-0.39, 0.29) is 44.4 Å². The number of ketones is 1. The molecule has 49 heavy (non-hydrogen) atoms. The highest BCUT2D eigenvalue weighted by Gasteiger charge is 2.38. The highest BCUT2D eigenvalue weighted by molar-refractivity contribution is 6.27. The fourth-order valence-corrected chi connectivity index (χ4v) is 6.29. The summed E-state index contributed by atoms with van der Waals surface area (Å²) in [5.74, 6) is -5.16. The number of alkyl halides is 1. The fraction of sp³-hybridized carbons (Fsp3) is 0.405. The molecule has 3 aromatic carbocycles. The molecule has 4 rings (SSSR count). The number of aryl methyl sites for hydroxylation is 1. The highest BCUT2D eigenvalue weighted by atomic mass is 35.5. The number of piperidine rings is 1. The number of likely N-dealkylation sites (tertiary alicyclic amines) is 1. The van der Waals surface area contributed by atoms with Crippen molar-refractivity contribution in [3.8, 4) is 0 Å². The van der Waals surface area contributed by atoms with Gasteiger partial charge < -0.3 is 26.4 Å². The summed E-state index contributed by atoms with van der Waals surface area (Å²) in [5.41, 5.74) is 8.47. The van der Waals surface area contributed by atoms with Gasteiger partial charge in [0.05, 0.1) is 6.04 Å². The number of Topliss-reactive ketones (excluding diaryl/α,β-unsaturated/α-hetero) is 1. The first-order valence-electron chi connectivity index (χ1n) is 16.5. The van der Waals surface area contributed by atoms with E-state index in [2.05, 4.69) is 10.6 Å². The van der Waals surface area contributed by atoms with Gasteiger partial charge in [-0.2, -0.15) is 0 Å². The zero-order chi connectivity index (χ0) is 35.5. The number of halogens is 1. The number of nitrogens with one attached hydrogen (secondary N) is 2. The quantitative estimate of drug-likeness (QED) is 0.166. The predicted octanol–water partition coefficient (Wildman–Crippen LogP) is 3.45. The number of amides is 4. The molecule has 4 amide bonds. The van der Waals surface area contributed by atoms with Gasteiger partial charge in [-0.25, -0.2) is 0 Å². The van der Waals surface area contributed by atoms with Gasteiger partial charge in [-0.1, -0.05) is 72.3 Å². The second kappa shape index (κ2) is 17.6. The number of fused-ring (bicyclic) bond motifs is 1. The minimum absolute atomic E-state index is 0.138. The second-order valence-corrected chi connectivity index (χ2v) is 12.9. The largest absolute Gasteiger partial charge is 0.481 e. The Kier molecular flexibility index (Phi) is 13.3. The van der Waals surface area contributed by atoms with Crippen LogP contribution in [0.3, 0.4) is 0 Å². The first-order chi connectivity index (χ1) is 23.4. The Morgan fingerprint density at radius 1 is 0.898 bits per heavy atom. The third kappa shape index (κ3) is 10.6. The third-order valence-electron chi connectivity index (χ3n) is 8.90. The van der Waals surface area contributed by atoms with Gasteiger partial charge in [0.2, 0.25) is 23.6 Å². The molecule has 0 saturated carbocycles. The van der Waals surface area contributed by atoms with Crippen molar-refractivity contribution in [1.82, 2.24) is 15.5 Å². The molecule has 1 heterocycles. The number of carbonyl (C=O) groups excluding carboxylic acids is 5. The van der Waals surface area contributed by atoms with Crippen LogP contribution in [0.25, 0.3) is 10.8 Å². The summed E-state index contributed by atoms with van der Waals surface area (Å²) in [6.07, 6.45) is 1.18. The van der Waals surface area contributed by atoms with E-state index in [4.69, 9.17) is 17.3 Å². The van der Waals surface area contributed by atoms with Crippen LogP contribution in [0.1, 0.15) is 55.2 Å². The molecule has 0 radical (unpaired) electrons. The van der Waals surface area contributed by atoms with Gasteiger partial charge in [-0.05, 0) is 67.3 Å². The average molecular weight is 691 g/mol. The molecular formula is C37H43ClN4O7. The van der Waals surface area contributed by atoms with E-state index in [0.29, 0.717) is 19.3 Å². The highest BCUT2D eigenvalue weighted by Crippen LogP contribution is 2.22. The standard InChI is InChI=1S/C37H43ClN4O7/c1-23-9-11-24(12-10-23)18-28(35(39)47)21-32(43)30(20-25-13-14-26-6-2-3-7-27(26)19-25)41-36(48)31-8-4-5-17-42(31)37(49)29(15-16-34(45)46)40-33(44)22-38/h2-3,6-7,9-14,19,28-31H,4-5,8,15-18,20-22H2,1H3,(H2,39,47)(H,40,44)(H,41,48)(H,45,46)/t28-,29+,30+,31+/m1/s1. The number of carboxylic acids is 1. The molecule has 1 aliphatic rings. The van der Waals surface area contributed by atoms with Crippen LogP contribution in [0, 0.1) is 12.8 Å². The Morgan fingerprint density at radius 2 is 1.59 bits per heavy atom. The Hall–Kier alpha value is -4.77. The SMILES string of the molecule is Cc1ccc(C[C@H](CC(=O)[C@H](Cc2ccc3ccccc3c2)NC(=O)[C@@H]2CCCCN2C(=O)[C@H](CCC(=O)O)NC(=O)CCl)C(N)=O)cc1. The van der Waals surface area contributed by atoms with Crippen LogP contribution in [0.15, 0.2) is 66.7 Å². The molecule has 0 aliphatic carbocycles. The fourth-order valence-electron chi connectivity index (χ4n) is 6.21. The van der Waals surface area contributed by atoms with Gasteiger partial charge in [-0.3, -0.25) is 28.8 Å². The molecule has 0 aromatic heterocycles. The van der Waals surface area contributed by atoms with Crippen molar-refractivity contribution < 1.29 is 33.9 Å².